The minimum atomic E-state index is -0.766. The standard InChI is InChI=1S/C14H22N2O5/c1-3-20-13(18)10(14(19)21-4-2)9-16-11-7-5-6-8-15-12(11)17/h9,11,16H,3-8H2,1-2H3,(H,15,17)/t11-/m0/s1. The van der Waals surface area contributed by atoms with Crippen molar-refractivity contribution in [3.63, 3.8) is 0 Å². The molecule has 0 aromatic heterocycles. The number of esters is 2. The molecule has 1 fully saturated rings. The predicted octanol–water partition coefficient (Wildman–Crippen LogP) is 0.255. The van der Waals surface area contributed by atoms with Gasteiger partial charge < -0.3 is 20.1 Å². The fourth-order valence-electron chi connectivity index (χ4n) is 1.90. The number of hydrogen-bond donors (Lipinski definition) is 2. The van der Waals surface area contributed by atoms with Crippen molar-refractivity contribution >= 4 is 17.8 Å². The third kappa shape index (κ3) is 5.45. The number of carbonyl (C=O) groups is 3. The van der Waals surface area contributed by atoms with E-state index >= 15 is 0 Å². The Balaban J connectivity index is 2.78. The zero-order valence-electron chi connectivity index (χ0n) is 12.4. The smallest absolute Gasteiger partial charge is 0.347 e. The molecule has 118 valence electrons. The molecule has 1 aliphatic heterocycles. The lowest BCUT2D eigenvalue weighted by molar-refractivity contribution is -0.146. The van der Waals surface area contributed by atoms with Gasteiger partial charge >= 0.3 is 11.9 Å². The Hall–Kier alpha value is -2.05. The molecule has 1 heterocycles. The van der Waals surface area contributed by atoms with Crippen LogP contribution < -0.4 is 10.6 Å². The predicted molar refractivity (Wildman–Crippen MR) is 75.1 cm³/mol. The van der Waals surface area contributed by atoms with Crippen LogP contribution in [0.3, 0.4) is 0 Å². The average molecular weight is 298 g/mol. The molecule has 7 heteroatoms. The van der Waals surface area contributed by atoms with Crippen molar-refractivity contribution in [1.29, 1.82) is 0 Å². The second-order valence-electron chi connectivity index (χ2n) is 4.51. The topological polar surface area (TPSA) is 93.7 Å². The van der Waals surface area contributed by atoms with Crippen LogP contribution in [0.1, 0.15) is 33.1 Å². The molecule has 0 bridgehead atoms. The summed E-state index contributed by atoms with van der Waals surface area (Å²) < 4.78 is 9.63. The Bertz CT molecular complexity index is 400. The molecule has 0 aromatic rings. The fourth-order valence-corrected chi connectivity index (χ4v) is 1.90. The zero-order valence-corrected chi connectivity index (χ0v) is 12.4. The summed E-state index contributed by atoms with van der Waals surface area (Å²) in [4.78, 5) is 35.3. The van der Waals surface area contributed by atoms with E-state index in [0.717, 1.165) is 12.8 Å². The van der Waals surface area contributed by atoms with Gasteiger partial charge in [-0.15, -0.1) is 0 Å². The SMILES string of the molecule is CCOC(=O)C(=CN[C@H]1CCCCNC1=O)C(=O)OCC. The molecule has 1 rings (SSSR count). The molecule has 2 N–H and O–H groups in total. The van der Waals surface area contributed by atoms with E-state index in [1.807, 2.05) is 0 Å². The molecule has 1 atom stereocenters. The van der Waals surface area contributed by atoms with Gasteiger partial charge in [0.1, 0.15) is 6.04 Å². The minimum absolute atomic E-state index is 0.143. The van der Waals surface area contributed by atoms with Gasteiger partial charge in [-0.2, -0.15) is 0 Å². The molecule has 0 unspecified atom stereocenters. The summed E-state index contributed by atoms with van der Waals surface area (Å²) >= 11 is 0. The van der Waals surface area contributed by atoms with E-state index < -0.39 is 18.0 Å². The first-order valence-electron chi connectivity index (χ1n) is 7.18. The van der Waals surface area contributed by atoms with Crippen LogP contribution in [0.2, 0.25) is 0 Å². The first-order valence-corrected chi connectivity index (χ1v) is 7.18. The van der Waals surface area contributed by atoms with Gasteiger partial charge in [0.05, 0.1) is 13.2 Å². The quantitative estimate of drug-likeness (QED) is 0.316. The van der Waals surface area contributed by atoms with Crippen LogP contribution in [0.25, 0.3) is 0 Å². The number of carbonyl (C=O) groups excluding carboxylic acids is 3. The van der Waals surface area contributed by atoms with Crippen molar-refractivity contribution in [2.75, 3.05) is 19.8 Å². The maximum absolute atomic E-state index is 11.8. The van der Waals surface area contributed by atoms with E-state index in [9.17, 15) is 14.4 Å². The van der Waals surface area contributed by atoms with Crippen molar-refractivity contribution in [2.24, 2.45) is 0 Å². The number of hydrogen-bond acceptors (Lipinski definition) is 6. The molecule has 21 heavy (non-hydrogen) atoms. The largest absolute Gasteiger partial charge is 0.462 e. The lowest BCUT2D eigenvalue weighted by atomic mass is 10.1. The van der Waals surface area contributed by atoms with Crippen LogP contribution >= 0.6 is 0 Å². The Morgan fingerprint density at radius 2 is 1.86 bits per heavy atom. The molecule has 0 aliphatic carbocycles. The normalized spacial score (nSPS) is 18.0. The van der Waals surface area contributed by atoms with Crippen molar-refractivity contribution in [3.05, 3.63) is 11.8 Å². The summed E-state index contributed by atoms with van der Waals surface area (Å²) in [5, 5.41) is 5.58. The number of nitrogens with one attached hydrogen (secondary N) is 2. The Kier molecular flexibility index (Phi) is 7.28. The molecule has 1 saturated heterocycles. The maximum atomic E-state index is 11.8. The number of ether oxygens (including phenoxy) is 2. The summed E-state index contributed by atoms with van der Waals surface area (Å²) in [5.41, 5.74) is -0.240. The van der Waals surface area contributed by atoms with E-state index in [1.54, 1.807) is 13.8 Å². The van der Waals surface area contributed by atoms with Crippen molar-refractivity contribution in [2.45, 2.75) is 39.2 Å². The highest BCUT2D eigenvalue weighted by molar-refractivity contribution is 6.14. The van der Waals surface area contributed by atoms with Crippen LogP contribution in [-0.4, -0.2) is 43.6 Å². The minimum Gasteiger partial charge on any atom is -0.462 e. The zero-order chi connectivity index (χ0) is 15.7. The first kappa shape index (κ1) is 17.0. The van der Waals surface area contributed by atoms with Crippen molar-refractivity contribution in [1.82, 2.24) is 10.6 Å². The molecular formula is C14H22N2O5. The first-order chi connectivity index (χ1) is 10.1. The maximum Gasteiger partial charge on any atom is 0.347 e. The van der Waals surface area contributed by atoms with Crippen LogP contribution in [-0.2, 0) is 23.9 Å². The van der Waals surface area contributed by atoms with E-state index in [-0.39, 0.29) is 24.7 Å². The molecule has 1 amide bonds. The van der Waals surface area contributed by atoms with Gasteiger partial charge in [0.2, 0.25) is 5.91 Å². The second kappa shape index (κ2) is 8.99. The monoisotopic (exact) mass is 298 g/mol. The van der Waals surface area contributed by atoms with Crippen LogP contribution in [0, 0.1) is 0 Å². The van der Waals surface area contributed by atoms with Crippen LogP contribution in [0.5, 0.6) is 0 Å². The van der Waals surface area contributed by atoms with Gasteiger partial charge in [0.25, 0.3) is 0 Å². The number of rotatable bonds is 6. The lowest BCUT2D eigenvalue weighted by Crippen LogP contribution is -2.41. The van der Waals surface area contributed by atoms with E-state index in [2.05, 4.69) is 10.6 Å². The van der Waals surface area contributed by atoms with E-state index in [0.29, 0.717) is 13.0 Å². The summed E-state index contributed by atoms with van der Waals surface area (Å²) in [7, 11) is 0. The van der Waals surface area contributed by atoms with Gasteiger partial charge in [0.15, 0.2) is 5.57 Å². The summed E-state index contributed by atoms with van der Waals surface area (Å²) in [6, 6.07) is -0.466. The summed E-state index contributed by atoms with van der Waals surface area (Å²) in [5.74, 6) is -1.68. The molecule has 0 aromatic carbocycles. The average Bonchev–Trinajstić information content (AvgIpc) is 2.65. The Morgan fingerprint density at radius 3 is 2.43 bits per heavy atom. The van der Waals surface area contributed by atoms with Gasteiger partial charge in [-0.25, -0.2) is 9.59 Å². The molecule has 0 radical (unpaired) electrons. The van der Waals surface area contributed by atoms with Gasteiger partial charge in [-0.05, 0) is 33.1 Å². The fraction of sp³-hybridized carbons (Fsp3) is 0.643. The third-order valence-corrected chi connectivity index (χ3v) is 2.95. The Morgan fingerprint density at radius 1 is 1.24 bits per heavy atom. The van der Waals surface area contributed by atoms with Gasteiger partial charge in [-0.1, -0.05) is 0 Å². The van der Waals surface area contributed by atoms with Crippen LogP contribution in [0.4, 0.5) is 0 Å². The lowest BCUT2D eigenvalue weighted by Gasteiger charge is -2.14. The highest BCUT2D eigenvalue weighted by atomic mass is 16.6. The van der Waals surface area contributed by atoms with Crippen molar-refractivity contribution < 1.29 is 23.9 Å². The molecule has 0 saturated carbocycles. The molecule has 1 aliphatic rings. The van der Waals surface area contributed by atoms with Crippen molar-refractivity contribution in [3.8, 4) is 0 Å². The second-order valence-corrected chi connectivity index (χ2v) is 4.51. The molecular weight excluding hydrogens is 276 g/mol. The van der Waals surface area contributed by atoms with Crippen LogP contribution in [0.15, 0.2) is 11.8 Å². The van der Waals surface area contributed by atoms with Gasteiger partial charge in [-0.3, -0.25) is 4.79 Å². The van der Waals surface area contributed by atoms with E-state index in [1.165, 1.54) is 6.20 Å². The highest BCUT2D eigenvalue weighted by Gasteiger charge is 2.24. The van der Waals surface area contributed by atoms with E-state index in [4.69, 9.17) is 9.47 Å². The summed E-state index contributed by atoms with van der Waals surface area (Å²) in [6.45, 7) is 4.24. The van der Waals surface area contributed by atoms with Gasteiger partial charge in [0, 0.05) is 12.7 Å². The molecule has 0 spiro atoms. The Labute approximate surface area is 124 Å². The highest BCUT2D eigenvalue weighted by Crippen LogP contribution is 2.07. The third-order valence-electron chi connectivity index (χ3n) is 2.95. The summed E-state index contributed by atoms with van der Waals surface area (Å²) in [6.07, 6.45) is 3.65. The number of amides is 1. The molecule has 7 nitrogen and oxygen atoms in total.